The zero-order chi connectivity index (χ0) is 18.6. The van der Waals surface area contributed by atoms with Crippen LogP contribution in [0.15, 0.2) is 67.0 Å². The lowest BCUT2D eigenvalue weighted by atomic mass is 9.98. The zero-order valence-corrected chi connectivity index (χ0v) is 15.0. The van der Waals surface area contributed by atoms with E-state index >= 15 is 0 Å². The molecule has 1 aliphatic rings. The van der Waals surface area contributed by atoms with Crippen molar-refractivity contribution in [1.29, 1.82) is 0 Å². The molecule has 1 fully saturated rings. The highest BCUT2D eigenvalue weighted by Gasteiger charge is 2.27. The highest BCUT2D eigenvalue weighted by Crippen LogP contribution is 2.38. The number of imidazole rings is 1. The average Bonchev–Trinajstić information content (AvgIpc) is 3.46. The first-order valence-corrected chi connectivity index (χ1v) is 9.22. The van der Waals surface area contributed by atoms with Crippen LogP contribution < -0.4 is 5.32 Å². The second kappa shape index (κ2) is 7.58. The van der Waals surface area contributed by atoms with Crippen molar-refractivity contribution in [2.24, 2.45) is 0 Å². The van der Waals surface area contributed by atoms with Gasteiger partial charge in [0.05, 0.1) is 5.56 Å². The quantitative estimate of drug-likeness (QED) is 0.658. The van der Waals surface area contributed by atoms with E-state index < -0.39 is 0 Å². The van der Waals surface area contributed by atoms with Gasteiger partial charge in [0.2, 0.25) is 0 Å². The third-order valence-electron chi connectivity index (χ3n) is 4.78. The Morgan fingerprint density at radius 1 is 1.00 bits per heavy atom. The molecule has 5 heteroatoms. The number of nitrogens with one attached hydrogen (secondary N) is 1. The molecule has 1 aliphatic carbocycles. The molecule has 0 bridgehead atoms. The highest BCUT2D eigenvalue weighted by molar-refractivity contribution is 6.15. The third kappa shape index (κ3) is 3.82. The summed E-state index contributed by atoms with van der Waals surface area (Å²) in [7, 11) is 0. The summed E-state index contributed by atoms with van der Waals surface area (Å²) in [6.07, 6.45) is 6.15. The van der Waals surface area contributed by atoms with Gasteiger partial charge in [-0.3, -0.25) is 9.59 Å². The maximum absolute atomic E-state index is 12.8. The van der Waals surface area contributed by atoms with Crippen molar-refractivity contribution in [3.8, 4) is 0 Å². The Labute approximate surface area is 158 Å². The largest absolute Gasteiger partial charge is 0.350 e. The van der Waals surface area contributed by atoms with Crippen LogP contribution in [0.25, 0.3) is 0 Å². The van der Waals surface area contributed by atoms with Gasteiger partial charge in [-0.2, -0.15) is 0 Å². The van der Waals surface area contributed by atoms with Gasteiger partial charge in [-0.05, 0) is 18.9 Å². The number of carbonyl (C=O) groups excluding carboxylic acids is 2. The molecule has 0 spiro atoms. The van der Waals surface area contributed by atoms with Crippen LogP contribution in [0.3, 0.4) is 0 Å². The molecule has 1 heterocycles. The topological polar surface area (TPSA) is 64.0 Å². The summed E-state index contributed by atoms with van der Waals surface area (Å²) in [5, 5.41) is 2.93. The number of hydrogen-bond acceptors (Lipinski definition) is 3. The van der Waals surface area contributed by atoms with Crippen LogP contribution in [-0.4, -0.2) is 27.8 Å². The normalized spacial score (nSPS) is 13.3. The maximum atomic E-state index is 12.8. The van der Waals surface area contributed by atoms with Crippen LogP contribution in [0.1, 0.15) is 50.9 Å². The van der Waals surface area contributed by atoms with Gasteiger partial charge >= 0.3 is 0 Å². The molecule has 0 atom stereocenters. The number of hydrogen-bond donors (Lipinski definition) is 1. The van der Waals surface area contributed by atoms with Crippen LogP contribution >= 0.6 is 0 Å². The van der Waals surface area contributed by atoms with Gasteiger partial charge in [0.1, 0.15) is 5.82 Å². The van der Waals surface area contributed by atoms with Crippen molar-refractivity contribution in [2.75, 3.05) is 6.54 Å². The molecule has 3 aromatic rings. The van der Waals surface area contributed by atoms with Gasteiger partial charge in [0, 0.05) is 42.5 Å². The molecule has 0 unspecified atom stereocenters. The second-order valence-electron chi connectivity index (χ2n) is 6.75. The van der Waals surface area contributed by atoms with E-state index in [1.807, 2.05) is 30.6 Å². The van der Waals surface area contributed by atoms with Crippen molar-refractivity contribution in [3.63, 3.8) is 0 Å². The summed E-state index contributed by atoms with van der Waals surface area (Å²) in [6.45, 7) is 1.16. The van der Waals surface area contributed by atoms with Gasteiger partial charge in [-0.25, -0.2) is 4.98 Å². The van der Waals surface area contributed by atoms with Gasteiger partial charge < -0.3 is 9.88 Å². The molecule has 1 aromatic heterocycles. The fourth-order valence-corrected chi connectivity index (χ4v) is 3.22. The van der Waals surface area contributed by atoms with Gasteiger partial charge in [-0.1, -0.05) is 48.5 Å². The molecule has 1 N–H and O–H groups in total. The Kier molecular flexibility index (Phi) is 4.83. The van der Waals surface area contributed by atoms with Crippen LogP contribution in [-0.2, 0) is 6.54 Å². The lowest BCUT2D eigenvalue weighted by molar-refractivity contribution is 0.0941. The predicted molar refractivity (Wildman–Crippen MR) is 103 cm³/mol. The predicted octanol–water partition coefficient (Wildman–Crippen LogP) is 3.42. The lowest BCUT2D eigenvalue weighted by Gasteiger charge is -2.11. The summed E-state index contributed by atoms with van der Waals surface area (Å²) in [6, 6.07) is 16.0. The van der Waals surface area contributed by atoms with E-state index in [2.05, 4.69) is 14.9 Å². The minimum Gasteiger partial charge on any atom is -0.350 e. The lowest BCUT2D eigenvalue weighted by Crippen LogP contribution is -2.29. The Morgan fingerprint density at radius 2 is 1.70 bits per heavy atom. The summed E-state index contributed by atoms with van der Waals surface area (Å²) in [4.78, 5) is 29.8. The molecule has 0 saturated heterocycles. The van der Waals surface area contributed by atoms with Crippen molar-refractivity contribution in [2.45, 2.75) is 25.3 Å². The summed E-state index contributed by atoms with van der Waals surface area (Å²) in [5.74, 6) is 1.29. The Bertz CT molecular complexity index is 958. The maximum Gasteiger partial charge on any atom is 0.252 e. The van der Waals surface area contributed by atoms with E-state index in [4.69, 9.17) is 0 Å². The van der Waals surface area contributed by atoms with Crippen LogP contribution in [0.5, 0.6) is 0 Å². The number of rotatable bonds is 7. The molecular formula is C22H21N3O2. The molecule has 27 heavy (non-hydrogen) atoms. The zero-order valence-electron chi connectivity index (χ0n) is 15.0. The number of amides is 1. The van der Waals surface area contributed by atoms with E-state index in [9.17, 15) is 9.59 Å². The Morgan fingerprint density at radius 3 is 2.44 bits per heavy atom. The first-order chi connectivity index (χ1) is 13.2. The molecule has 5 nitrogen and oxygen atoms in total. The molecule has 0 radical (unpaired) electrons. The van der Waals surface area contributed by atoms with Crippen LogP contribution in [0.4, 0.5) is 0 Å². The van der Waals surface area contributed by atoms with E-state index in [1.165, 1.54) is 12.8 Å². The summed E-state index contributed by atoms with van der Waals surface area (Å²) in [5.41, 5.74) is 1.40. The summed E-state index contributed by atoms with van der Waals surface area (Å²) >= 11 is 0. The fourth-order valence-electron chi connectivity index (χ4n) is 3.22. The Hall–Kier alpha value is -3.21. The van der Waals surface area contributed by atoms with E-state index in [0.717, 1.165) is 5.82 Å². The van der Waals surface area contributed by atoms with Crippen molar-refractivity contribution >= 4 is 11.7 Å². The molecule has 1 saturated carbocycles. The fraction of sp³-hybridized carbons (Fsp3) is 0.227. The van der Waals surface area contributed by atoms with E-state index in [-0.39, 0.29) is 11.7 Å². The molecular weight excluding hydrogens is 338 g/mol. The molecule has 0 aliphatic heterocycles. The number of aromatic nitrogens is 2. The minimum absolute atomic E-state index is 0.146. The molecule has 136 valence electrons. The SMILES string of the molecule is O=C(NCCn1ccnc1C1CC1)c1ccccc1C(=O)c1ccccc1. The number of carbonyl (C=O) groups is 2. The van der Waals surface area contributed by atoms with Gasteiger partial charge in [0.15, 0.2) is 5.78 Å². The molecule has 1 amide bonds. The van der Waals surface area contributed by atoms with Crippen molar-refractivity contribution in [1.82, 2.24) is 14.9 Å². The van der Waals surface area contributed by atoms with Gasteiger partial charge in [-0.15, -0.1) is 0 Å². The standard InChI is InChI=1S/C22H21N3O2/c26-20(16-6-2-1-3-7-16)18-8-4-5-9-19(18)22(27)24-13-15-25-14-12-23-21(25)17-10-11-17/h1-9,12,14,17H,10-11,13,15H2,(H,24,27). The average molecular weight is 359 g/mol. The number of benzene rings is 2. The van der Waals surface area contributed by atoms with Crippen molar-refractivity contribution in [3.05, 3.63) is 89.5 Å². The highest BCUT2D eigenvalue weighted by atomic mass is 16.2. The van der Waals surface area contributed by atoms with Crippen LogP contribution in [0, 0.1) is 0 Å². The minimum atomic E-state index is -0.233. The Balaban J connectivity index is 1.44. The van der Waals surface area contributed by atoms with Gasteiger partial charge in [0.25, 0.3) is 5.91 Å². The first kappa shape index (κ1) is 17.2. The van der Waals surface area contributed by atoms with E-state index in [0.29, 0.717) is 35.7 Å². The van der Waals surface area contributed by atoms with E-state index in [1.54, 1.807) is 36.4 Å². The van der Waals surface area contributed by atoms with Crippen LogP contribution in [0.2, 0.25) is 0 Å². The smallest absolute Gasteiger partial charge is 0.252 e. The number of nitrogens with zero attached hydrogens (tertiary/aromatic N) is 2. The number of ketones is 1. The molecule has 2 aromatic carbocycles. The van der Waals surface area contributed by atoms with Crippen molar-refractivity contribution < 1.29 is 9.59 Å². The second-order valence-corrected chi connectivity index (χ2v) is 6.75. The third-order valence-corrected chi connectivity index (χ3v) is 4.78. The summed E-state index contributed by atoms with van der Waals surface area (Å²) < 4.78 is 2.10. The molecule has 4 rings (SSSR count). The first-order valence-electron chi connectivity index (χ1n) is 9.22. The monoisotopic (exact) mass is 359 g/mol.